The number of amides is 2. The second-order valence-electron chi connectivity index (χ2n) is 10.0. The molecule has 13 nitrogen and oxygen atoms in total. The number of carbonyl (C=O) groups is 2. The highest BCUT2D eigenvalue weighted by Crippen LogP contribution is 2.33. The van der Waals surface area contributed by atoms with Crippen LogP contribution in [-0.2, 0) is 30.2 Å². The largest absolute Gasteiger partial charge is 0.508 e. The van der Waals surface area contributed by atoms with Crippen molar-refractivity contribution >= 4 is 34.8 Å². The highest BCUT2D eigenvalue weighted by Gasteiger charge is 2.37. The number of imidazole rings is 1. The van der Waals surface area contributed by atoms with E-state index in [0.717, 1.165) is 10.1 Å². The normalized spacial score (nSPS) is 15.2. The number of nitrogens with one attached hydrogen (secondary N) is 2. The molecule has 218 valence electrons. The molecular weight excluding hydrogens is 542 g/mol. The van der Waals surface area contributed by atoms with Crippen LogP contribution < -0.4 is 21.9 Å². The maximum Gasteiger partial charge on any atom is 0.338 e. The summed E-state index contributed by atoms with van der Waals surface area (Å²) in [6.07, 6.45) is 0. The number of nitrogens with zero attached hydrogens (tertiary/aromatic N) is 5. The van der Waals surface area contributed by atoms with Crippen molar-refractivity contribution in [3.05, 3.63) is 91.8 Å². The molecule has 13 heteroatoms. The minimum Gasteiger partial charge on any atom is -0.508 e. The molecule has 2 amide bonds. The molecule has 0 aliphatic carbocycles. The van der Waals surface area contributed by atoms with E-state index >= 15 is 0 Å². The lowest BCUT2D eigenvalue weighted by atomic mass is 9.94. The zero-order valence-electron chi connectivity index (χ0n) is 23.8. The summed E-state index contributed by atoms with van der Waals surface area (Å²) in [5, 5.41) is 15.8. The maximum atomic E-state index is 13.5. The van der Waals surface area contributed by atoms with E-state index in [1.807, 2.05) is 31.2 Å². The molecule has 5 rings (SSSR count). The zero-order valence-corrected chi connectivity index (χ0v) is 23.8. The van der Waals surface area contributed by atoms with Gasteiger partial charge in [-0.25, -0.2) is 14.4 Å². The number of aryl methyl sites for hydroxylation is 2. The summed E-state index contributed by atoms with van der Waals surface area (Å²) in [6, 6.07) is 12.4. The lowest BCUT2D eigenvalue weighted by Crippen LogP contribution is -2.48. The van der Waals surface area contributed by atoms with Gasteiger partial charge in [-0.15, -0.1) is 0 Å². The smallest absolute Gasteiger partial charge is 0.338 e. The van der Waals surface area contributed by atoms with Crippen molar-refractivity contribution in [1.29, 1.82) is 0 Å². The Hall–Kier alpha value is -5.33. The van der Waals surface area contributed by atoms with Gasteiger partial charge in [0, 0.05) is 26.8 Å². The summed E-state index contributed by atoms with van der Waals surface area (Å²) in [6.45, 7) is 3.59. The summed E-state index contributed by atoms with van der Waals surface area (Å²) in [4.78, 5) is 58.9. The first kappa shape index (κ1) is 28.2. The molecule has 2 aromatic carbocycles. The minimum absolute atomic E-state index is 0.0616. The van der Waals surface area contributed by atoms with Gasteiger partial charge in [-0.2, -0.15) is 4.98 Å². The number of urea groups is 1. The van der Waals surface area contributed by atoms with Crippen molar-refractivity contribution in [3.8, 4) is 5.75 Å². The molecule has 1 atom stereocenters. The van der Waals surface area contributed by atoms with E-state index in [4.69, 9.17) is 4.74 Å². The molecule has 2 aromatic heterocycles. The number of ether oxygens (including phenoxy) is 1. The Balaban J connectivity index is 1.77. The number of phenols is 1. The Morgan fingerprint density at radius 1 is 1.02 bits per heavy atom. The number of phenolic OH excluding ortho intramolecular Hbond substituents is 1. The first-order chi connectivity index (χ1) is 20.0. The van der Waals surface area contributed by atoms with Gasteiger partial charge in [0.25, 0.3) is 5.56 Å². The Morgan fingerprint density at radius 3 is 2.33 bits per heavy atom. The van der Waals surface area contributed by atoms with Crippen LogP contribution in [0.4, 0.5) is 16.4 Å². The molecule has 0 saturated carbocycles. The van der Waals surface area contributed by atoms with Gasteiger partial charge in [0.1, 0.15) is 5.75 Å². The lowest BCUT2D eigenvalue weighted by molar-refractivity contribution is -0.139. The predicted octanol–water partition coefficient (Wildman–Crippen LogP) is 2.40. The lowest BCUT2D eigenvalue weighted by Gasteiger charge is -2.35. The van der Waals surface area contributed by atoms with E-state index < -0.39 is 29.3 Å². The standard InChI is InChI=1S/C29H31N7O6/c1-6-42-26(39)21-20(33(3)28(40)31-22(21)17-9-7-16(2)8-10-17)15-36-23-24(34(4)29(41)35(5)25(23)38)32-27(36)30-18-11-13-19(37)14-12-18/h7-14,22,37H,6,15H2,1-5H3,(H,30,32)(H,31,40)/t22-/m1/s1. The van der Waals surface area contributed by atoms with Gasteiger partial charge in [0.2, 0.25) is 5.95 Å². The number of benzene rings is 2. The number of hydrogen-bond acceptors (Lipinski definition) is 8. The molecular formula is C29H31N7O6. The van der Waals surface area contributed by atoms with Crippen LogP contribution in [0.2, 0.25) is 0 Å². The Morgan fingerprint density at radius 2 is 1.69 bits per heavy atom. The Labute approximate surface area is 240 Å². The summed E-state index contributed by atoms with van der Waals surface area (Å²) < 4.78 is 9.19. The second-order valence-corrected chi connectivity index (χ2v) is 10.0. The molecule has 4 aromatic rings. The van der Waals surface area contributed by atoms with Gasteiger partial charge in [-0.1, -0.05) is 29.8 Å². The monoisotopic (exact) mass is 573 g/mol. The van der Waals surface area contributed by atoms with Crippen molar-refractivity contribution in [3.63, 3.8) is 0 Å². The molecule has 0 saturated heterocycles. The number of likely N-dealkylation sites (N-methyl/N-ethyl adjacent to an activating group) is 1. The molecule has 42 heavy (non-hydrogen) atoms. The molecule has 0 unspecified atom stereocenters. The fourth-order valence-corrected chi connectivity index (χ4v) is 4.93. The molecule has 3 N–H and O–H groups in total. The third-order valence-corrected chi connectivity index (χ3v) is 7.26. The van der Waals surface area contributed by atoms with Crippen LogP contribution in [0.25, 0.3) is 11.2 Å². The molecule has 0 fully saturated rings. The van der Waals surface area contributed by atoms with Crippen LogP contribution in [0.3, 0.4) is 0 Å². The first-order valence-corrected chi connectivity index (χ1v) is 13.2. The van der Waals surface area contributed by atoms with Gasteiger partial charge in [-0.05, 0) is 43.7 Å². The summed E-state index contributed by atoms with van der Waals surface area (Å²) >= 11 is 0. The van der Waals surface area contributed by atoms with Crippen molar-refractivity contribution in [1.82, 2.24) is 28.9 Å². The molecule has 3 heterocycles. The van der Waals surface area contributed by atoms with E-state index in [1.54, 1.807) is 19.1 Å². The summed E-state index contributed by atoms with van der Waals surface area (Å²) in [5.74, 6) is -0.384. The first-order valence-electron chi connectivity index (χ1n) is 13.2. The molecule has 0 radical (unpaired) electrons. The Bertz CT molecular complexity index is 1850. The van der Waals surface area contributed by atoms with Crippen LogP contribution in [0.5, 0.6) is 5.75 Å². The second kappa shape index (κ2) is 10.9. The fourth-order valence-electron chi connectivity index (χ4n) is 4.93. The number of esters is 1. The number of allylic oxidation sites excluding steroid dienone is 1. The van der Waals surface area contributed by atoms with Gasteiger partial charge in [-0.3, -0.25) is 23.4 Å². The molecule has 0 spiro atoms. The van der Waals surface area contributed by atoms with Crippen LogP contribution in [-0.4, -0.2) is 54.3 Å². The quantitative estimate of drug-likeness (QED) is 0.225. The van der Waals surface area contributed by atoms with E-state index in [0.29, 0.717) is 11.3 Å². The van der Waals surface area contributed by atoms with Crippen molar-refractivity contribution in [2.45, 2.75) is 26.4 Å². The highest BCUT2D eigenvalue weighted by atomic mass is 16.5. The SMILES string of the molecule is CCOC(=O)C1=C(Cn2c(Nc3ccc(O)cc3)nc3c2c(=O)n(C)c(=O)n3C)N(C)C(=O)N[C@@H]1c1ccc(C)cc1. The average Bonchev–Trinajstić information content (AvgIpc) is 3.32. The molecule has 1 aliphatic rings. The summed E-state index contributed by atoms with van der Waals surface area (Å²) in [7, 11) is 4.39. The fraction of sp³-hybridized carbons (Fsp3) is 0.276. The van der Waals surface area contributed by atoms with Crippen LogP contribution in [0.15, 0.2) is 69.4 Å². The maximum absolute atomic E-state index is 13.5. The van der Waals surface area contributed by atoms with Crippen LogP contribution >= 0.6 is 0 Å². The number of aromatic nitrogens is 4. The predicted molar refractivity (Wildman–Crippen MR) is 155 cm³/mol. The molecule has 1 aliphatic heterocycles. The van der Waals surface area contributed by atoms with E-state index in [2.05, 4.69) is 15.6 Å². The highest BCUT2D eigenvalue weighted by molar-refractivity contribution is 5.95. The van der Waals surface area contributed by atoms with E-state index in [9.17, 15) is 24.3 Å². The number of hydrogen-bond donors (Lipinski definition) is 3. The number of carbonyl (C=O) groups excluding carboxylic acids is 2. The molecule has 0 bridgehead atoms. The third kappa shape index (κ3) is 4.89. The summed E-state index contributed by atoms with van der Waals surface area (Å²) in [5.41, 5.74) is 1.74. The van der Waals surface area contributed by atoms with Crippen molar-refractivity contribution in [2.24, 2.45) is 14.1 Å². The van der Waals surface area contributed by atoms with Gasteiger partial charge in [0.05, 0.1) is 30.5 Å². The van der Waals surface area contributed by atoms with Crippen LogP contribution in [0.1, 0.15) is 24.1 Å². The van der Waals surface area contributed by atoms with E-state index in [-0.39, 0.29) is 47.3 Å². The van der Waals surface area contributed by atoms with Crippen molar-refractivity contribution < 1.29 is 19.4 Å². The average molecular weight is 574 g/mol. The topological polar surface area (TPSA) is 153 Å². The number of aromatic hydroxyl groups is 1. The number of fused-ring (bicyclic) bond motifs is 1. The van der Waals surface area contributed by atoms with Gasteiger partial charge >= 0.3 is 17.7 Å². The number of anilines is 2. The van der Waals surface area contributed by atoms with Gasteiger partial charge < -0.3 is 20.5 Å². The van der Waals surface area contributed by atoms with E-state index in [1.165, 1.54) is 47.3 Å². The van der Waals surface area contributed by atoms with Crippen LogP contribution in [0, 0.1) is 6.92 Å². The Kier molecular flexibility index (Phi) is 7.33. The van der Waals surface area contributed by atoms with Crippen molar-refractivity contribution in [2.75, 3.05) is 19.0 Å². The van der Waals surface area contributed by atoms with Gasteiger partial charge in [0.15, 0.2) is 11.2 Å². The minimum atomic E-state index is -0.821. The zero-order chi connectivity index (χ0) is 30.3. The number of rotatable bonds is 7. The third-order valence-electron chi connectivity index (χ3n) is 7.26.